The van der Waals surface area contributed by atoms with Crippen molar-refractivity contribution >= 4 is 9.84 Å². The van der Waals surface area contributed by atoms with Gasteiger partial charge in [0.15, 0.2) is 9.84 Å². The molecule has 1 aliphatic heterocycles. The lowest BCUT2D eigenvalue weighted by Crippen LogP contribution is -2.42. The van der Waals surface area contributed by atoms with E-state index in [-0.39, 0.29) is 17.5 Å². The Bertz CT molecular complexity index is 710. The van der Waals surface area contributed by atoms with Gasteiger partial charge in [-0.2, -0.15) is 0 Å². The third-order valence-corrected chi connectivity index (χ3v) is 5.39. The van der Waals surface area contributed by atoms with Crippen molar-refractivity contribution in [2.45, 2.75) is 19.5 Å². The van der Waals surface area contributed by atoms with Gasteiger partial charge in [0.1, 0.15) is 11.5 Å². The highest BCUT2D eigenvalue weighted by atomic mass is 32.2. The highest BCUT2D eigenvalue weighted by Gasteiger charge is 2.34. The van der Waals surface area contributed by atoms with Crippen LogP contribution in [0.4, 0.5) is 0 Å². The van der Waals surface area contributed by atoms with Crippen molar-refractivity contribution in [1.29, 1.82) is 0 Å². The first-order chi connectivity index (χ1) is 10.0. The Morgan fingerprint density at radius 1 is 1.29 bits per heavy atom. The first-order valence-corrected chi connectivity index (χ1v) is 8.75. The van der Waals surface area contributed by atoms with Gasteiger partial charge in [0.2, 0.25) is 0 Å². The second-order valence-corrected chi connectivity index (χ2v) is 7.63. The minimum Gasteiger partial charge on any atom is -0.465 e. The van der Waals surface area contributed by atoms with Gasteiger partial charge in [0.25, 0.3) is 0 Å². The molecule has 1 aliphatic rings. The van der Waals surface area contributed by atoms with Crippen molar-refractivity contribution in [1.82, 2.24) is 9.88 Å². The molecule has 1 saturated heterocycles. The normalized spacial score (nSPS) is 22.2. The Labute approximate surface area is 124 Å². The Morgan fingerprint density at radius 2 is 2.05 bits per heavy atom. The number of hydrogen-bond donors (Lipinski definition) is 0. The molecule has 3 heterocycles. The van der Waals surface area contributed by atoms with E-state index in [9.17, 15) is 8.42 Å². The van der Waals surface area contributed by atoms with Gasteiger partial charge < -0.3 is 4.42 Å². The van der Waals surface area contributed by atoms with Gasteiger partial charge in [0, 0.05) is 25.5 Å². The van der Waals surface area contributed by atoms with Gasteiger partial charge in [-0.1, -0.05) is 0 Å². The number of furan rings is 1. The maximum absolute atomic E-state index is 12.0. The van der Waals surface area contributed by atoms with E-state index in [4.69, 9.17) is 4.42 Å². The third-order valence-electron chi connectivity index (χ3n) is 3.77. The molecule has 2 aromatic rings. The number of rotatable bonds is 3. The largest absolute Gasteiger partial charge is 0.465 e. The molecule has 112 valence electrons. The molecule has 1 fully saturated rings. The van der Waals surface area contributed by atoms with Crippen molar-refractivity contribution in [3.8, 4) is 0 Å². The lowest BCUT2D eigenvalue weighted by molar-refractivity contribution is 0.182. The van der Waals surface area contributed by atoms with Gasteiger partial charge in [-0.3, -0.25) is 9.88 Å². The average Bonchev–Trinajstić information content (AvgIpc) is 2.88. The monoisotopic (exact) mass is 306 g/mol. The molecular weight excluding hydrogens is 288 g/mol. The molecule has 2 aromatic heterocycles. The van der Waals surface area contributed by atoms with Gasteiger partial charge in [-0.15, -0.1) is 0 Å². The number of pyridine rings is 1. The van der Waals surface area contributed by atoms with Crippen LogP contribution in [0.1, 0.15) is 23.1 Å². The van der Waals surface area contributed by atoms with Gasteiger partial charge in [-0.05, 0) is 36.8 Å². The summed E-state index contributed by atoms with van der Waals surface area (Å²) < 4.78 is 29.6. The first-order valence-electron chi connectivity index (χ1n) is 6.93. The number of nitrogens with zero attached hydrogens (tertiary/aromatic N) is 2. The van der Waals surface area contributed by atoms with Crippen LogP contribution < -0.4 is 0 Å². The first kappa shape index (κ1) is 14.3. The van der Waals surface area contributed by atoms with E-state index < -0.39 is 9.84 Å². The van der Waals surface area contributed by atoms with Crippen LogP contribution in [0, 0.1) is 6.92 Å². The summed E-state index contributed by atoms with van der Waals surface area (Å²) in [4.78, 5) is 6.17. The Hall–Kier alpha value is -1.66. The van der Waals surface area contributed by atoms with Crippen LogP contribution in [-0.2, 0) is 16.4 Å². The van der Waals surface area contributed by atoms with E-state index in [1.807, 2.05) is 31.2 Å². The summed E-state index contributed by atoms with van der Waals surface area (Å²) in [6.45, 7) is 3.09. The van der Waals surface area contributed by atoms with E-state index in [0.29, 0.717) is 13.1 Å². The molecule has 6 heteroatoms. The molecule has 0 aliphatic carbocycles. The topological polar surface area (TPSA) is 63.4 Å². The Kier molecular flexibility index (Phi) is 3.82. The molecule has 0 N–H and O–H groups in total. The maximum atomic E-state index is 12.0. The predicted octanol–water partition coefficient (Wildman–Crippen LogP) is 1.95. The van der Waals surface area contributed by atoms with Crippen LogP contribution in [0.3, 0.4) is 0 Å². The summed E-state index contributed by atoms with van der Waals surface area (Å²) >= 11 is 0. The van der Waals surface area contributed by atoms with Crippen LogP contribution >= 0.6 is 0 Å². The van der Waals surface area contributed by atoms with Crippen molar-refractivity contribution in [3.05, 3.63) is 53.7 Å². The number of aryl methyl sites for hydroxylation is 1. The minimum absolute atomic E-state index is 0.116. The minimum atomic E-state index is -3.01. The highest BCUT2D eigenvalue weighted by Crippen LogP contribution is 2.29. The number of sulfone groups is 1. The Balaban J connectivity index is 1.86. The smallest absolute Gasteiger partial charge is 0.153 e. The predicted molar refractivity (Wildman–Crippen MR) is 79.5 cm³/mol. The van der Waals surface area contributed by atoms with E-state index in [1.165, 1.54) is 0 Å². The second kappa shape index (κ2) is 5.61. The molecule has 5 nitrogen and oxygen atoms in total. The molecule has 0 aromatic carbocycles. The molecule has 21 heavy (non-hydrogen) atoms. The summed E-state index contributed by atoms with van der Waals surface area (Å²) in [5, 5.41) is 0. The van der Waals surface area contributed by atoms with Gasteiger partial charge in [0.05, 0.1) is 17.5 Å². The summed E-state index contributed by atoms with van der Waals surface area (Å²) in [5.74, 6) is 1.85. The zero-order valence-corrected chi connectivity index (χ0v) is 12.7. The van der Waals surface area contributed by atoms with Crippen LogP contribution in [0.2, 0.25) is 0 Å². The van der Waals surface area contributed by atoms with E-state index in [0.717, 1.165) is 17.1 Å². The number of aromatic nitrogens is 1. The molecule has 0 bridgehead atoms. The highest BCUT2D eigenvalue weighted by molar-refractivity contribution is 7.91. The fourth-order valence-electron chi connectivity index (χ4n) is 2.65. The van der Waals surface area contributed by atoms with Crippen LogP contribution in [0.25, 0.3) is 0 Å². The van der Waals surface area contributed by atoms with E-state index >= 15 is 0 Å². The lowest BCUT2D eigenvalue weighted by Gasteiger charge is -2.34. The summed E-state index contributed by atoms with van der Waals surface area (Å²) in [6, 6.07) is 7.44. The quantitative estimate of drug-likeness (QED) is 0.867. The fourth-order valence-corrected chi connectivity index (χ4v) is 4.18. The molecular formula is C15H18N2O3S. The summed E-state index contributed by atoms with van der Waals surface area (Å²) in [7, 11) is -3.01. The van der Waals surface area contributed by atoms with Crippen molar-refractivity contribution in [2.24, 2.45) is 0 Å². The van der Waals surface area contributed by atoms with Gasteiger partial charge in [-0.25, -0.2) is 8.42 Å². The summed E-state index contributed by atoms with van der Waals surface area (Å²) in [6.07, 6.45) is 3.50. The van der Waals surface area contributed by atoms with Crippen LogP contribution in [-0.4, -0.2) is 36.4 Å². The van der Waals surface area contributed by atoms with Crippen molar-refractivity contribution in [3.63, 3.8) is 0 Å². The zero-order chi connectivity index (χ0) is 14.9. The molecule has 0 saturated carbocycles. The van der Waals surface area contributed by atoms with Crippen LogP contribution in [0.5, 0.6) is 0 Å². The van der Waals surface area contributed by atoms with Crippen molar-refractivity contribution in [2.75, 3.05) is 18.1 Å². The standard InChI is InChI=1S/C15H18N2O3S/c1-12-2-3-15(20-12)14-11-21(18,19)9-8-17(14)10-13-4-6-16-7-5-13/h2-7,14H,8-11H2,1H3/t14-/m1/s1. The number of hydrogen-bond acceptors (Lipinski definition) is 5. The fraction of sp³-hybridized carbons (Fsp3) is 0.400. The van der Waals surface area contributed by atoms with Crippen LogP contribution in [0.15, 0.2) is 41.1 Å². The molecule has 3 rings (SSSR count). The summed E-state index contributed by atoms with van der Waals surface area (Å²) in [5.41, 5.74) is 1.12. The lowest BCUT2D eigenvalue weighted by atomic mass is 10.1. The molecule has 1 atom stereocenters. The zero-order valence-electron chi connectivity index (χ0n) is 11.9. The van der Waals surface area contributed by atoms with Gasteiger partial charge >= 0.3 is 0 Å². The Morgan fingerprint density at radius 3 is 2.71 bits per heavy atom. The third kappa shape index (κ3) is 3.33. The molecule has 0 spiro atoms. The molecule has 0 amide bonds. The molecule has 0 unspecified atom stereocenters. The average molecular weight is 306 g/mol. The molecule has 0 radical (unpaired) electrons. The second-order valence-electron chi connectivity index (χ2n) is 5.40. The van der Waals surface area contributed by atoms with E-state index in [1.54, 1.807) is 12.4 Å². The maximum Gasteiger partial charge on any atom is 0.153 e. The SMILES string of the molecule is Cc1ccc([C@H]2CS(=O)(=O)CCN2Cc2ccncc2)o1. The van der Waals surface area contributed by atoms with E-state index in [2.05, 4.69) is 9.88 Å². The van der Waals surface area contributed by atoms with Crippen molar-refractivity contribution < 1.29 is 12.8 Å².